The zero-order chi connectivity index (χ0) is 28.5. The van der Waals surface area contributed by atoms with Crippen LogP contribution in [0.25, 0.3) is 0 Å². The Labute approximate surface area is 256 Å². The van der Waals surface area contributed by atoms with E-state index < -0.39 is 0 Å². The quantitative estimate of drug-likeness (QED) is 0.151. The third-order valence-corrected chi connectivity index (χ3v) is 9.26. The number of benzene rings is 3. The number of methoxy groups -OCH3 is 6. The van der Waals surface area contributed by atoms with Gasteiger partial charge in [0.25, 0.3) is 0 Å². The van der Waals surface area contributed by atoms with Crippen LogP contribution in [0.5, 0.6) is 0 Å². The van der Waals surface area contributed by atoms with Crippen molar-refractivity contribution in [3.05, 3.63) is 92.5 Å². The van der Waals surface area contributed by atoms with Crippen LogP contribution in [0, 0.1) is 0 Å². The van der Waals surface area contributed by atoms with Crippen LogP contribution in [0.15, 0.2) is 68.9 Å². The highest BCUT2D eigenvalue weighted by molar-refractivity contribution is 9.10. The molecule has 3 rings (SSSR count). The van der Waals surface area contributed by atoms with Crippen molar-refractivity contribution in [1.29, 1.82) is 0 Å². The number of rotatable bonds is 15. The normalized spacial score (nSPS) is 10.6. The first-order valence-electron chi connectivity index (χ1n) is 12.3. The predicted molar refractivity (Wildman–Crippen MR) is 170 cm³/mol. The van der Waals surface area contributed by atoms with Crippen molar-refractivity contribution in [2.45, 2.75) is 56.9 Å². The Bertz CT molecular complexity index is 997. The molecule has 0 radical (unpaired) electrons. The molecular weight excluding hydrogens is 612 g/mol. The fourth-order valence-corrected chi connectivity index (χ4v) is 7.20. The molecule has 0 aliphatic heterocycles. The van der Waals surface area contributed by atoms with Crippen LogP contribution in [0.1, 0.15) is 40.8 Å². The van der Waals surface area contributed by atoms with E-state index >= 15 is 0 Å². The summed E-state index contributed by atoms with van der Waals surface area (Å²) in [6.07, 6.45) is 0. The standard InChI is InChI=1S/C20H26O4S2.C10H13BrO2.CH4/c1-21-11-15-7-5-8-16(12-22-2)19(15)25-26-20-17(13-23-3)9-6-10-18(20)14-24-4;1-12-6-8-4-3-5-9(7-13-2)10(8)11;/h5-10H,11-14H2,1-4H3;3-5H,6-7H2,1-2H3;1H4. The molecule has 6 nitrogen and oxygen atoms in total. The molecule has 0 amide bonds. The lowest BCUT2D eigenvalue weighted by molar-refractivity contribution is 0.176. The molecule has 3 aromatic carbocycles. The molecule has 9 heteroatoms. The first-order valence-corrected chi connectivity index (χ1v) is 15.2. The Hall–Kier alpha value is -1.40. The SMILES string of the molecule is C.COCc1cccc(COC)c1Br.COCc1cccc(COC)c1SSc1c(COC)cccc1COC. The summed E-state index contributed by atoms with van der Waals surface area (Å²) < 4.78 is 32.7. The van der Waals surface area contributed by atoms with Crippen molar-refractivity contribution in [3.8, 4) is 0 Å². The third kappa shape index (κ3) is 11.5. The molecule has 3 aromatic rings. The maximum atomic E-state index is 5.37. The first-order chi connectivity index (χ1) is 19.0. The lowest BCUT2D eigenvalue weighted by Crippen LogP contribution is -1.99. The van der Waals surface area contributed by atoms with Crippen molar-refractivity contribution < 1.29 is 28.4 Å². The lowest BCUT2D eigenvalue weighted by Gasteiger charge is -2.16. The van der Waals surface area contributed by atoms with E-state index in [1.54, 1.807) is 64.2 Å². The molecule has 0 aliphatic carbocycles. The van der Waals surface area contributed by atoms with Gasteiger partial charge in [0.1, 0.15) is 0 Å². The fraction of sp³-hybridized carbons (Fsp3) is 0.419. The Balaban J connectivity index is 0.000000482. The van der Waals surface area contributed by atoms with Crippen LogP contribution in [-0.4, -0.2) is 42.7 Å². The summed E-state index contributed by atoms with van der Waals surface area (Å²) in [7, 11) is 13.7. The summed E-state index contributed by atoms with van der Waals surface area (Å²) in [4.78, 5) is 2.38. The van der Waals surface area contributed by atoms with Gasteiger partial charge in [-0.1, -0.05) is 99.5 Å². The smallest absolute Gasteiger partial charge is 0.0724 e. The zero-order valence-corrected chi connectivity index (χ0v) is 26.8. The first kappa shape index (κ1) is 36.6. The Morgan fingerprint density at radius 1 is 0.450 bits per heavy atom. The van der Waals surface area contributed by atoms with Crippen LogP contribution in [-0.2, 0) is 68.1 Å². The summed E-state index contributed by atoms with van der Waals surface area (Å²) in [6, 6.07) is 18.6. The van der Waals surface area contributed by atoms with Crippen LogP contribution in [0.2, 0.25) is 0 Å². The summed E-state index contributed by atoms with van der Waals surface area (Å²) in [5.41, 5.74) is 6.96. The summed E-state index contributed by atoms with van der Waals surface area (Å²) >= 11 is 3.52. The molecule has 0 N–H and O–H groups in total. The molecule has 0 saturated carbocycles. The minimum Gasteiger partial charge on any atom is -0.380 e. The maximum absolute atomic E-state index is 5.37. The van der Waals surface area contributed by atoms with Crippen molar-refractivity contribution in [2.24, 2.45) is 0 Å². The summed E-state index contributed by atoms with van der Waals surface area (Å²) in [6.45, 7) is 3.54. The van der Waals surface area contributed by atoms with Crippen LogP contribution >= 0.6 is 37.5 Å². The largest absolute Gasteiger partial charge is 0.380 e. The minimum atomic E-state index is 0. The summed E-state index contributed by atoms with van der Waals surface area (Å²) in [5.74, 6) is 0. The number of halogens is 1. The molecule has 0 aliphatic rings. The van der Waals surface area contributed by atoms with Gasteiger partial charge in [0.05, 0.1) is 39.6 Å². The third-order valence-electron chi connectivity index (χ3n) is 5.52. The second-order valence-electron chi connectivity index (χ2n) is 8.47. The molecule has 0 aromatic heterocycles. The van der Waals surface area contributed by atoms with E-state index in [9.17, 15) is 0 Å². The van der Waals surface area contributed by atoms with Gasteiger partial charge in [-0.3, -0.25) is 0 Å². The van der Waals surface area contributed by atoms with Crippen molar-refractivity contribution in [2.75, 3.05) is 42.7 Å². The predicted octanol–water partition coefficient (Wildman–Crippen LogP) is 8.45. The molecule has 40 heavy (non-hydrogen) atoms. The Kier molecular flexibility index (Phi) is 19.5. The van der Waals surface area contributed by atoms with Crippen molar-refractivity contribution >= 4 is 37.5 Å². The van der Waals surface area contributed by atoms with Crippen LogP contribution in [0.4, 0.5) is 0 Å². The Morgan fingerprint density at radius 2 is 0.675 bits per heavy atom. The van der Waals surface area contributed by atoms with Crippen molar-refractivity contribution in [3.63, 3.8) is 0 Å². The van der Waals surface area contributed by atoms with Gasteiger partial charge in [-0.05, 0) is 33.4 Å². The van der Waals surface area contributed by atoms with E-state index in [1.165, 1.54) is 9.79 Å². The van der Waals surface area contributed by atoms with Gasteiger partial charge in [0, 0.05) is 56.9 Å². The maximum Gasteiger partial charge on any atom is 0.0724 e. The van der Waals surface area contributed by atoms with Gasteiger partial charge in [-0.25, -0.2) is 0 Å². The molecular formula is C31H43BrO6S2. The Morgan fingerprint density at radius 3 is 0.925 bits per heavy atom. The van der Waals surface area contributed by atoms with Gasteiger partial charge in [0.2, 0.25) is 0 Å². The molecule has 0 atom stereocenters. The minimum absolute atomic E-state index is 0. The van der Waals surface area contributed by atoms with Crippen molar-refractivity contribution in [1.82, 2.24) is 0 Å². The highest BCUT2D eigenvalue weighted by Gasteiger charge is 2.14. The lowest BCUT2D eigenvalue weighted by atomic mass is 10.1. The molecule has 0 fully saturated rings. The molecule has 0 bridgehead atoms. The second-order valence-corrected chi connectivity index (χ2v) is 11.4. The fourth-order valence-electron chi connectivity index (χ4n) is 3.82. The molecule has 0 spiro atoms. The molecule has 0 heterocycles. The van der Waals surface area contributed by atoms with E-state index in [0.29, 0.717) is 39.6 Å². The average molecular weight is 656 g/mol. The monoisotopic (exact) mass is 654 g/mol. The van der Waals surface area contributed by atoms with E-state index in [0.717, 1.165) is 37.9 Å². The molecule has 0 saturated heterocycles. The number of ether oxygens (including phenoxy) is 6. The van der Waals surface area contributed by atoms with Gasteiger partial charge < -0.3 is 28.4 Å². The topological polar surface area (TPSA) is 55.4 Å². The van der Waals surface area contributed by atoms with Crippen LogP contribution < -0.4 is 0 Å². The average Bonchev–Trinajstić information content (AvgIpc) is 2.93. The molecule has 222 valence electrons. The zero-order valence-electron chi connectivity index (χ0n) is 23.6. The van der Waals surface area contributed by atoms with E-state index in [4.69, 9.17) is 28.4 Å². The van der Waals surface area contributed by atoms with Gasteiger partial charge in [0.15, 0.2) is 0 Å². The van der Waals surface area contributed by atoms with E-state index in [-0.39, 0.29) is 7.43 Å². The number of hydrogen-bond donors (Lipinski definition) is 0. The van der Waals surface area contributed by atoms with Crippen LogP contribution in [0.3, 0.4) is 0 Å². The van der Waals surface area contributed by atoms with Gasteiger partial charge >= 0.3 is 0 Å². The highest BCUT2D eigenvalue weighted by Crippen LogP contribution is 2.44. The van der Waals surface area contributed by atoms with Gasteiger partial charge in [-0.15, -0.1) is 0 Å². The molecule has 0 unspecified atom stereocenters. The summed E-state index contributed by atoms with van der Waals surface area (Å²) in [5, 5.41) is 0. The van der Waals surface area contributed by atoms with Gasteiger partial charge in [-0.2, -0.15) is 0 Å². The highest BCUT2D eigenvalue weighted by atomic mass is 79.9. The van der Waals surface area contributed by atoms with E-state index in [2.05, 4.69) is 40.2 Å². The second kappa shape index (κ2) is 21.3. The van der Waals surface area contributed by atoms with E-state index in [1.807, 2.05) is 30.3 Å². The number of hydrogen-bond acceptors (Lipinski definition) is 8.